The molecule has 0 spiro atoms. The van der Waals surface area contributed by atoms with Gasteiger partial charge in [-0.2, -0.15) is 0 Å². The Bertz CT molecular complexity index is 2230. The highest BCUT2D eigenvalue weighted by Gasteiger charge is 2.21. The van der Waals surface area contributed by atoms with Gasteiger partial charge in [0, 0.05) is 63.1 Å². The van der Waals surface area contributed by atoms with Gasteiger partial charge < -0.3 is 19.1 Å². The molecular weight excluding hydrogens is 598 g/mol. The van der Waals surface area contributed by atoms with E-state index in [-0.39, 0.29) is 22.7 Å². The molecule has 1 fully saturated rings. The minimum absolute atomic E-state index is 0.00146. The van der Waals surface area contributed by atoms with E-state index in [1.807, 2.05) is 52.9 Å². The lowest BCUT2D eigenvalue weighted by Gasteiger charge is -2.26. The monoisotopic (exact) mass is 633 g/mol. The topological polar surface area (TPSA) is 136 Å². The number of carbonyl (C=O) groups excluding carboxylic acids is 1. The van der Waals surface area contributed by atoms with Gasteiger partial charge in [-0.15, -0.1) is 0 Å². The maximum absolute atomic E-state index is 12.9. The molecule has 12 nitrogen and oxygen atoms in total. The second-order valence-corrected chi connectivity index (χ2v) is 11.9. The number of carboxylic acid groups (broad SMARTS) is 1. The maximum atomic E-state index is 12.9. The van der Waals surface area contributed by atoms with E-state index in [4.69, 9.17) is 5.11 Å². The van der Waals surface area contributed by atoms with Crippen molar-refractivity contribution in [2.75, 3.05) is 13.1 Å². The largest absolute Gasteiger partial charge is 0.477 e. The molecule has 0 aliphatic carbocycles. The third kappa shape index (κ3) is 6.09. The Labute approximate surface area is 269 Å². The van der Waals surface area contributed by atoms with Gasteiger partial charge in [0.2, 0.25) is 0 Å². The Morgan fingerprint density at radius 1 is 0.660 bits per heavy atom. The highest BCUT2D eigenvalue weighted by Crippen LogP contribution is 2.23. The van der Waals surface area contributed by atoms with Crippen LogP contribution in [0.4, 0.5) is 0 Å². The van der Waals surface area contributed by atoms with Gasteiger partial charge in [0.25, 0.3) is 17.0 Å². The molecule has 1 aliphatic heterocycles. The van der Waals surface area contributed by atoms with Crippen LogP contribution in [0.15, 0.2) is 83.2 Å². The van der Waals surface area contributed by atoms with Gasteiger partial charge in [-0.1, -0.05) is 0 Å². The van der Waals surface area contributed by atoms with Crippen LogP contribution in [0.5, 0.6) is 0 Å². The van der Waals surface area contributed by atoms with Crippen LogP contribution in [0.1, 0.15) is 51.4 Å². The molecule has 0 unspecified atom stereocenters. The lowest BCUT2D eigenvalue weighted by Crippen LogP contribution is -2.36. The van der Waals surface area contributed by atoms with Crippen LogP contribution in [-0.2, 0) is 14.1 Å². The number of imidazole rings is 2. The van der Waals surface area contributed by atoms with Gasteiger partial charge in [0.1, 0.15) is 17.0 Å². The Balaban J connectivity index is 0.000000168. The molecule has 1 saturated heterocycles. The average molecular weight is 634 g/mol. The second kappa shape index (κ2) is 12.5. The molecule has 0 aromatic carbocycles. The molecule has 1 aliphatic rings. The quantitative estimate of drug-likeness (QED) is 0.305. The number of aryl methyl sites for hydroxylation is 4. The molecular formula is C35H35N7O5. The van der Waals surface area contributed by atoms with Gasteiger partial charge in [-0.3, -0.25) is 23.2 Å². The summed E-state index contributed by atoms with van der Waals surface area (Å²) in [5.41, 5.74) is 6.85. The summed E-state index contributed by atoms with van der Waals surface area (Å²) in [6, 6.07) is 11.2. The van der Waals surface area contributed by atoms with Crippen molar-refractivity contribution >= 4 is 23.2 Å². The summed E-state index contributed by atoms with van der Waals surface area (Å²) < 4.78 is 6.48. The van der Waals surface area contributed by atoms with Crippen LogP contribution in [0.25, 0.3) is 33.5 Å². The summed E-state index contributed by atoms with van der Waals surface area (Å²) in [6.45, 7) is 5.19. The Morgan fingerprint density at radius 2 is 1.13 bits per heavy atom. The summed E-state index contributed by atoms with van der Waals surface area (Å²) in [6.07, 6.45) is 13.5. The molecule has 6 aromatic heterocycles. The highest BCUT2D eigenvalue weighted by molar-refractivity contribution is 5.93. The first kappa shape index (κ1) is 31.2. The van der Waals surface area contributed by atoms with Crippen LogP contribution in [0.2, 0.25) is 0 Å². The predicted molar refractivity (Wildman–Crippen MR) is 178 cm³/mol. The fraction of sp³-hybridized carbons (Fsp3) is 0.257. The van der Waals surface area contributed by atoms with Crippen molar-refractivity contribution in [2.45, 2.75) is 33.1 Å². The average Bonchev–Trinajstić information content (AvgIpc) is 3.70. The molecule has 7 heterocycles. The van der Waals surface area contributed by atoms with Crippen molar-refractivity contribution in [3.8, 4) is 22.3 Å². The molecule has 47 heavy (non-hydrogen) atoms. The Hall–Kier alpha value is -5.78. The normalized spacial score (nSPS) is 13.1. The van der Waals surface area contributed by atoms with Crippen molar-refractivity contribution in [1.29, 1.82) is 0 Å². The molecule has 0 radical (unpaired) electrons. The summed E-state index contributed by atoms with van der Waals surface area (Å²) in [7, 11) is 3.44. The minimum atomic E-state index is -1.03. The fourth-order valence-corrected chi connectivity index (χ4v) is 5.95. The number of aromatic nitrogens is 6. The number of piperidine rings is 1. The zero-order valence-corrected chi connectivity index (χ0v) is 26.7. The lowest BCUT2D eigenvalue weighted by molar-refractivity contribution is 0.0687. The van der Waals surface area contributed by atoms with E-state index >= 15 is 0 Å². The van der Waals surface area contributed by atoms with Crippen LogP contribution in [0, 0.1) is 13.8 Å². The number of amides is 1. The first-order valence-electron chi connectivity index (χ1n) is 15.3. The smallest absolute Gasteiger partial charge is 0.354 e. The molecule has 6 aromatic rings. The Morgan fingerprint density at radius 3 is 1.60 bits per heavy atom. The number of aromatic carboxylic acids is 1. The molecule has 1 N–H and O–H groups in total. The van der Waals surface area contributed by atoms with E-state index in [9.17, 15) is 19.2 Å². The standard InChI is InChI=1S/C20H22N4O2.C15H13N3O3/c1-14-10-16(12-22(2)19(14)25)15-6-7-18-21-11-17(24(18)13-15)20(26)23-8-4-3-5-9-23;1-9-5-11(7-17(2)14(9)19)10-3-4-13-16-6-12(15(20)21)18(13)8-10/h6-7,10-13H,3-5,8-9H2,1-2H3;3-8H,1-2H3,(H,20,21). The van der Waals surface area contributed by atoms with E-state index in [1.54, 1.807) is 56.3 Å². The number of pyridine rings is 4. The number of likely N-dealkylation sites (tertiary alicyclic amines) is 1. The third-order valence-corrected chi connectivity index (χ3v) is 8.48. The van der Waals surface area contributed by atoms with Crippen LogP contribution in [0.3, 0.4) is 0 Å². The van der Waals surface area contributed by atoms with E-state index in [2.05, 4.69) is 9.97 Å². The summed E-state index contributed by atoms with van der Waals surface area (Å²) in [5, 5.41) is 9.15. The van der Waals surface area contributed by atoms with E-state index < -0.39 is 5.97 Å². The van der Waals surface area contributed by atoms with Gasteiger partial charge in [-0.25, -0.2) is 14.8 Å². The van der Waals surface area contributed by atoms with E-state index in [1.165, 1.54) is 21.6 Å². The Kier molecular flexibility index (Phi) is 8.33. The number of rotatable bonds is 4. The lowest BCUT2D eigenvalue weighted by atomic mass is 10.1. The van der Waals surface area contributed by atoms with Crippen molar-refractivity contribution in [3.05, 3.63) is 117 Å². The molecule has 7 rings (SSSR count). The maximum Gasteiger partial charge on any atom is 0.354 e. The first-order chi connectivity index (χ1) is 22.5. The zero-order chi connectivity index (χ0) is 33.4. The summed E-state index contributed by atoms with van der Waals surface area (Å²) in [4.78, 5) is 58.1. The molecule has 1 amide bonds. The van der Waals surface area contributed by atoms with Gasteiger partial charge >= 0.3 is 5.97 Å². The molecule has 12 heteroatoms. The van der Waals surface area contributed by atoms with Crippen LogP contribution < -0.4 is 11.1 Å². The third-order valence-electron chi connectivity index (χ3n) is 8.48. The minimum Gasteiger partial charge on any atom is -0.477 e. The first-order valence-corrected chi connectivity index (χ1v) is 15.3. The summed E-state index contributed by atoms with van der Waals surface area (Å²) >= 11 is 0. The number of carbonyl (C=O) groups is 2. The number of nitrogens with zero attached hydrogens (tertiary/aromatic N) is 7. The van der Waals surface area contributed by atoms with Crippen molar-refractivity contribution in [3.63, 3.8) is 0 Å². The molecule has 0 atom stereocenters. The van der Waals surface area contributed by atoms with Crippen LogP contribution in [-0.4, -0.2) is 62.9 Å². The number of hydrogen-bond acceptors (Lipinski definition) is 6. The zero-order valence-electron chi connectivity index (χ0n) is 26.7. The van der Waals surface area contributed by atoms with Crippen molar-refractivity contribution in [2.24, 2.45) is 14.1 Å². The number of fused-ring (bicyclic) bond motifs is 2. The molecule has 0 saturated carbocycles. The fourth-order valence-electron chi connectivity index (χ4n) is 5.95. The molecule has 0 bridgehead atoms. The van der Waals surface area contributed by atoms with Crippen molar-refractivity contribution in [1.82, 2.24) is 32.8 Å². The van der Waals surface area contributed by atoms with Gasteiger partial charge in [-0.05, 0) is 91.8 Å². The van der Waals surface area contributed by atoms with E-state index in [0.29, 0.717) is 22.5 Å². The van der Waals surface area contributed by atoms with Crippen LogP contribution >= 0.6 is 0 Å². The van der Waals surface area contributed by atoms with Crippen molar-refractivity contribution < 1.29 is 14.7 Å². The predicted octanol–water partition coefficient (Wildman–Crippen LogP) is 4.34. The van der Waals surface area contributed by atoms with Gasteiger partial charge in [0.15, 0.2) is 5.69 Å². The molecule has 240 valence electrons. The SMILES string of the molecule is Cc1cc(-c2ccc3ncc(C(=O)N4CCCCC4)n3c2)cn(C)c1=O.Cc1cc(-c2ccc3ncc(C(=O)O)n3c2)cn(C)c1=O. The van der Waals surface area contributed by atoms with E-state index in [0.717, 1.165) is 53.8 Å². The summed E-state index contributed by atoms with van der Waals surface area (Å²) in [5.74, 6) is -0.998. The number of hydrogen-bond donors (Lipinski definition) is 1. The van der Waals surface area contributed by atoms with Gasteiger partial charge in [0.05, 0.1) is 12.4 Å². The second-order valence-electron chi connectivity index (χ2n) is 11.9. The number of carboxylic acids is 1. The highest BCUT2D eigenvalue weighted by atomic mass is 16.4.